The fourth-order valence-electron chi connectivity index (χ4n) is 2.41. The van der Waals surface area contributed by atoms with Crippen LogP contribution in [0.15, 0.2) is 12.1 Å². The molecule has 0 saturated carbocycles. The van der Waals surface area contributed by atoms with Gasteiger partial charge in [0.25, 0.3) is 0 Å². The first-order valence-electron chi connectivity index (χ1n) is 7.99. The number of unbranched alkanes of at least 4 members (excludes halogenated alkanes) is 2. The number of hydrogen-bond donors (Lipinski definition) is 1. The molecule has 0 fully saturated rings. The molecular formula is C18H31NO. The van der Waals surface area contributed by atoms with Crippen molar-refractivity contribution in [2.45, 2.75) is 66.3 Å². The lowest BCUT2D eigenvalue weighted by Crippen LogP contribution is -2.30. The Labute approximate surface area is 124 Å². The molecule has 0 aliphatic rings. The largest absolute Gasteiger partial charge is 0.492 e. The molecule has 1 aromatic rings. The molecule has 1 N–H and O–H groups in total. The Morgan fingerprint density at radius 1 is 1.10 bits per heavy atom. The summed E-state index contributed by atoms with van der Waals surface area (Å²) in [7, 11) is 0. The highest BCUT2D eigenvalue weighted by Gasteiger charge is 2.06. The molecule has 0 aromatic heterocycles. The molecule has 2 heteroatoms. The van der Waals surface area contributed by atoms with Crippen molar-refractivity contribution < 1.29 is 4.74 Å². The van der Waals surface area contributed by atoms with Crippen LogP contribution >= 0.6 is 0 Å². The van der Waals surface area contributed by atoms with Crippen LogP contribution in [-0.4, -0.2) is 19.2 Å². The Balaban J connectivity index is 2.29. The highest BCUT2D eigenvalue weighted by molar-refractivity contribution is 5.44. The molecule has 2 nitrogen and oxygen atoms in total. The molecule has 0 aliphatic heterocycles. The number of benzene rings is 1. The Morgan fingerprint density at radius 3 is 2.50 bits per heavy atom. The van der Waals surface area contributed by atoms with Crippen molar-refractivity contribution in [1.82, 2.24) is 5.32 Å². The zero-order chi connectivity index (χ0) is 15.0. The SMILES string of the molecule is CCCCCC(C)NCCOc1c(C)ccc(C)c1C. The molecule has 1 atom stereocenters. The van der Waals surface area contributed by atoms with E-state index in [0.717, 1.165) is 18.9 Å². The summed E-state index contributed by atoms with van der Waals surface area (Å²) in [4.78, 5) is 0. The maximum Gasteiger partial charge on any atom is 0.125 e. The number of ether oxygens (including phenoxy) is 1. The number of nitrogens with one attached hydrogen (secondary N) is 1. The van der Waals surface area contributed by atoms with Gasteiger partial charge >= 0.3 is 0 Å². The summed E-state index contributed by atoms with van der Waals surface area (Å²) in [5, 5.41) is 3.54. The molecular weight excluding hydrogens is 246 g/mol. The van der Waals surface area contributed by atoms with Gasteiger partial charge in [-0.2, -0.15) is 0 Å². The summed E-state index contributed by atoms with van der Waals surface area (Å²) in [6, 6.07) is 4.88. The van der Waals surface area contributed by atoms with Crippen LogP contribution < -0.4 is 10.1 Å². The van der Waals surface area contributed by atoms with Crippen molar-refractivity contribution in [3.63, 3.8) is 0 Å². The van der Waals surface area contributed by atoms with Gasteiger partial charge in [-0.05, 0) is 50.8 Å². The predicted molar refractivity (Wildman–Crippen MR) is 87.8 cm³/mol. The second-order valence-electron chi connectivity index (χ2n) is 5.85. The first kappa shape index (κ1) is 17.0. The normalized spacial score (nSPS) is 12.4. The zero-order valence-electron chi connectivity index (χ0n) is 13.9. The number of aryl methyl sites for hydroxylation is 2. The number of hydrogen-bond acceptors (Lipinski definition) is 2. The fourth-order valence-corrected chi connectivity index (χ4v) is 2.41. The summed E-state index contributed by atoms with van der Waals surface area (Å²) < 4.78 is 5.96. The molecule has 0 aliphatic carbocycles. The molecule has 20 heavy (non-hydrogen) atoms. The summed E-state index contributed by atoms with van der Waals surface area (Å²) in [6.07, 6.45) is 5.21. The Kier molecular flexibility index (Phi) is 7.68. The lowest BCUT2D eigenvalue weighted by Gasteiger charge is -2.16. The van der Waals surface area contributed by atoms with Crippen LogP contribution in [0.4, 0.5) is 0 Å². The van der Waals surface area contributed by atoms with Gasteiger partial charge in [-0.15, -0.1) is 0 Å². The molecule has 0 heterocycles. The second kappa shape index (κ2) is 9.02. The van der Waals surface area contributed by atoms with E-state index in [0.29, 0.717) is 6.04 Å². The lowest BCUT2D eigenvalue weighted by atomic mass is 10.1. The van der Waals surface area contributed by atoms with E-state index in [1.165, 1.54) is 42.4 Å². The first-order chi connectivity index (χ1) is 9.56. The lowest BCUT2D eigenvalue weighted by molar-refractivity contribution is 0.300. The topological polar surface area (TPSA) is 21.3 Å². The molecule has 0 bridgehead atoms. The molecule has 0 amide bonds. The van der Waals surface area contributed by atoms with Crippen molar-refractivity contribution >= 4 is 0 Å². The minimum absolute atomic E-state index is 0.588. The molecule has 0 spiro atoms. The first-order valence-corrected chi connectivity index (χ1v) is 7.99. The van der Waals surface area contributed by atoms with Gasteiger partial charge in [0.05, 0.1) is 0 Å². The molecule has 114 valence electrons. The third kappa shape index (κ3) is 5.54. The Bertz CT molecular complexity index is 401. The van der Waals surface area contributed by atoms with E-state index in [2.05, 4.69) is 52.1 Å². The minimum Gasteiger partial charge on any atom is -0.492 e. The van der Waals surface area contributed by atoms with Crippen molar-refractivity contribution in [1.29, 1.82) is 0 Å². The molecule has 1 aromatic carbocycles. The smallest absolute Gasteiger partial charge is 0.125 e. The van der Waals surface area contributed by atoms with Gasteiger partial charge in [0, 0.05) is 12.6 Å². The highest BCUT2D eigenvalue weighted by Crippen LogP contribution is 2.25. The minimum atomic E-state index is 0.588. The Morgan fingerprint density at radius 2 is 1.80 bits per heavy atom. The summed E-state index contributed by atoms with van der Waals surface area (Å²) in [5.41, 5.74) is 3.79. The van der Waals surface area contributed by atoms with Crippen LogP contribution in [0.2, 0.25) is 0 Å². The van der Waals surface area contributed by atoms with Crippen LogP contribution in [-0.2, 0) is 0 Å². The van der Waals surface area contributed by atoms with Crippen molar-refractivity contribution in [2.75, 3.05) is 13.2 Å². The van der Waals surface area contributed by atoms with E-state index in [4.69, 9.17) is 4.74 Å². The maximum atomic E-state index is 5.96. The average Bonchev–Trinajstić information content (AvgIpc) is 2.42. The van der Waals surface area contributed by atoms with Crippen molar-refractivity contribution in [2.24, 2.45) is 0 Å². The molecule has 1 rings (SSSR count). The quantitative estimate of drug-likeness (QED) is 0.669. The summed E-state index contributed by atoms with van der Waals surface area (Å²) in [6.45, 7) is 12.6. The summed E-state index contributed by atoms with van der Waals surface area (Å²) >= 11 is 0. The van der Waals surface area contributed by atoms with Crippen LogP contribution in [0.1, 0.15) is 56.2 Å². The van der Waals surface area contributed by atoms with E-state index in [-0.39, 0.29) is 0 Å². The maximum absolute atomic E-state index is 5.96. The van der Waals surface area contributed by atoms with Crippen LogP contribution in [0, 0.1) is 20.8 Å². The summed E-state index contributed by atoms with van der Waals surface area (Å²) in [5.74, 6) is 1.06. The van der Waals surface area contributed by atoms with E-state index < -0.39 is 0 Å². The highest BCUT2D eigenvalue weighted by atomic mass is 16.5. The van der Waals surface area contributed by atoms with Gasteiger partial charge in [0.15, 0.2) is 0 Å². The van der Waals surface area contributed by atoms with Crippen LogP contribution in [0.5, 0.6) is 5.75 Å². The van der Waals surface area contributed by atoms with Gasteiger partial charge in [-0.3, -0.25) is 0 Å². The van der Waals surface area contributed by atoms with Gasteiger partial charge < -0.3 is 10.1 Å². The van der Waals surface area contributed by atoms with E-state index >= 15 is 0 Å². The van der Waals surface area contributed by atoms with E-state index in [1.54, 1.807) is 0 Å². The van der Waals surface area contributed by atoms with Gasteiger partial charge in [0.1, 0.15) is 12.4 Å². The third-order valence-corrected chi connectivity index (χ3v) is 3.96. The molecule has 0 radical (unpaired) electrons. The van der Waals surface area contributed by atoms with E-state index in [9.17, 15) is 0 Å². The van der Waals surface area contributed by atoms with Gasteiger partial charge in [0.2, 0.25) is 0 Å². The van der Waals surface area contributed by atoms with E-state index in [1.807, 2.05) is 0 Å². The van der Waals surface area contributed by atoms with Crippen LogP contribution in [0.3, 0.4) is 0 Å². The van der Waals surface area contributed by atoms with Gasteiger partial charge in [-0.25, -0.2) is 0 Å². The average molecular weight is 277 g/mol. The zero-order valence-corrected chi connectivity index (χ0v) is 13.9. The van der Waals surface area contributed by atoms with Gasteiger partial charge in [-0.1, -0.05) is 38.3 Å². The fraction of sp³-hybridized carbons (Fsp3) is 0.667. The van der Waals surface area contributed by atoms with Crippen LogP contribution in [0.25, 0.3) is 0 Å². The predicted octanol–water partition coefficient (Wildman–Crippen LogP) is 4.55. The van der Waals surface area contributed by atoms with Crippen molar-refractivity contribution in [3.8, 4) is 5.75 Å². The third-order valence-electron chi connectivity index (χ3n) is 3.96. The molecule has 1 unspecified atom stereocenters. The standard InChI is InChI=1S/C18H31NO/c1-6-7-8-9-16(4)19-12-13-20-18-15(3)11-10-14(2)17(18)5/h10-11,16,19H,6-9,12-13H2,1-5H3. The monoisotopic (exact) mass is 277 g/mol. The Hall–Kier alpha value is -1.02. The molecule has 0 saturated heterocycles. The second-order valence-corrected chi connectivity index (χ2v) is 5.85. The number of rotatable bonds is 9. The van der Waals surface area contributed by atoms with Crippen molar-refractivity contribution in [3.05, 3.63) is 28.8 Å².